The van der Waals surface area contributed by atoms with Crippen LogP contribution < -0.4 is 0 Å². The summed E-state index contributed by atoms with van der Waals surface area (Å²) in [7, 11) is 0. The molecular formula is C17H18O. The highest BCUT2D eigenvalue weighted by Crippen LogP contribution is 2.58. The lowest BCUT2D eigenvalue weighted by atomic mass is 9.62. The zero-order valence-corrected chi connectivity index (χ0v) is 10.8. The molecule has 1 spiro atoms. The van der Waals surface area contributed by atoms with Crippen LogP contribution in [0.5, 0.6) is 0 Å². The molecule has 1 aromatic carbocycles. The maximum absolute atomic E-state index is 12.2. The lowest BCUT2D eigenvalue weighted by molar-refractivity contribution is 0.0943. The summed E-state index contributed by atoms with van der Waals surface area (Å²) in [5.41, 5.74) is 3.86. The van der Waals surface area contributed by atoms with Crippen molar-refractivity contribution in [3.63, 3.8) is 0 Å². The molecule has 3 aliphatic rings. The summed E-state index contributed by atoms with van der Waals surface area (Å²) in [6.45, 7) is 2.08. The fraction of sp³-hybridized carbons (Fsp3) is 0.471. The molecule has 1 fully saturated rings. The van der Waals surface area contributed by atoms with Gasteiger partial charge in [-0.15, -0.1) is 0 Å². The first-order chi connectivity index (χ1) is 8.71. The normalized spacial score (nSPS) is 36.4. The predicted molar refractivity (Wildman–Crippen MR) is 71.8 cm³/mol. The molecular weight excluding hydrogens is 220 g/mol. The van der Waals surface area contributed by atoms with Crippen LogP contribution in [0, 0.1) is 18.8 Å². The van der Waals surface area contributed by atoms with Gasteiger partial charge in [-0.2, -0.15) is 0 Å². The Morgan fingerprint density at radius 1 is 1.28 bits per heavy atom. The third-order valence-corrected chi connectivity index (χ3v) is 5.39. The molecule has 18 heavy (non-hydrogen) atoms. The molecule has 0 N–H and O–H groups in total. The summed E-state index contributed by atoms with van der Waals surface area (Å²) >= 11 is 0. The van der Waals surface area contributed by atoms with Crippen LogP contribution >= 0.6 is 0 Å². The van der Waals surface area contributed by atoms with E-state index in [2.05, 4.69) is 37.3 Å². The number of allylic oxidation sites excluding steroid dienone is 2. The van der Waals surface area contributed by atoms with E-state index < -0.39 is 0 Å². The Kier molecular flexibility index (Phi) is 1.96. The van der Waals surface area contributed by atoms with Gasteiger partial charge in [0.1, 0.15) is 0 Å². The van der Waals surface area contributed by atoms with Gasteiger partial charge in [-0.1, -0.05) is 30.4 Å². The van der Waals surface area contributed by atoms with Gasteiger partial charge in [0.2, 0.25) is 0 Å². The van der Waals surface area contributed by atoms with Crippen molar-refractivity contribution < 1.29 is 4.79 Å². The molecule has 0 amide bonds. The van der Waals surface area contributed by atoms with Gasteiger partial charge in [0.25, 0.3) is 0 Å². The van der Waals surface area contributed by atoms with Gasteiger partial charge in [-0.25, -0.2) is 0 Å². The molecule has 3 unspecified atom stereocenters. The molecule has 3 aliphatic carbocycles. The SMILES string of the molecule is Cc1cccc2c1C(=O)CCC21CC2C=CC1C2. The number of fused-ring (bicyclic) bond motifs is 5. The minimum Gasteiger partial charge on any atom is -0.294 e. The largest absolute Gasteiger partial charge is 0.294 e. The van der Waals surface area contributed by atoms with E-state index in [1.165, 1.54) is 24.0 Å². The van der Waals surface area contributed by atoms with Crippen LogP contribution in [0.4, 0.5) is 0 Å². The van der Waals surface area contributed by atoms with Gasteiger partial charge in [0, 0.05) is 17.4 Å². The number of hydrogen-bond acceptors (Lipinski definition) is 1. The number of rotatable bonds is 0. The Hall–Kier alpha value is -1.37. The zero-order chi connectivity index (χ0) is 12.3. The summed E-state index contributed by atoms with van der Waals surface area (Å²) < 4.78 is 0. The highest BCUT2D eigenvalue weighted by molar-refractivity contribution is 6.00. The van der Waals surface area contributed by atoms with Crippen molar-refractivity contribution in [3.05, 3.63) is 47.0 Å². The van der Waals surface area contributed by atoms with Crippen LogP contribution in [0.2, 0.25) is 0 Å². The summed E-state index contributed by atoms with van der Waals surface area (Å²) in [6.07, 6.45) is 9.18. The standard InChI is InChI=1S/C17H18O/c1-11-3-2-4-14-16(11)15(18)7-8-17(14)10-12-5-6-13(17)9-12/h2-6,12-13H,7-10H2,1H3. The van der Waals surface area contributed by atoms with E-state index in [1.807, 2.05) is 0 Å². The first-order valence-corrected chi connectivity index (χ1v) is 7.02. The molecule has 3 atom stereocenters. The van der Waals surface area contributed by atoms with E-state index in [1.54, 1.807) is 0 Å². The number of Topliss-reactive ketones (excluding diaryl/α,β-unsaturated/α-hetero) is 1. The third kappa shape index (κ3) is 1.15. The Morgan fingerprint density at radius 3 is 2.89 bits per heavy atom. The average Bonchev–Trinajstić information content (AvgIpc) is 2.95. The Labute approximate surface area is 108 Å². The highest BCUT2D eigenvalue weighted by atomic mass is 16.1. The van der Waals surface area contributed by atoms with Gasteiger partial charge >= 0.3 is 0 Å². The van der Waals surface area contributed by atoms with Gasteiger partial charge in [-0.05, 0) is 49.1 Å². The number of hydrogen-bond donors (Lipinski definition) is 0. The topological polar surface area (TPSA) is 17.1 Å². The van der Waals surface area contributed by atoms with Crippen LogP contribution in [-0.4, -0.2) is 5.78 Å². The average molecular weight is 238 g/mol. The lowest BCUT2D eigenvalue weighted by Crippen LogP contribution is -2.37. The molecule has 0 aliphatic heterocycles. The highest BCUT2D eigenvalue weighted by Gasteiger charge is 2.52. The molecule has 1 saturated carbocycles. The van der Waals surface area contributed by atoms with Crippen molar-refractivity contribution in [1.29, 1.82) is 0 Å². The van der Waals surface area contributed by atoms with Crippen LogP contribution in [0.25, 0.3) is 0 Å². The molecule has 0 radical (unpaired) electrons. The van der Waals surface area contributed by atoms with E-state index in [4.69, 9.17) is 0 Å². The zero-order valence-electron chi connectivity index (χ0n) is 10.8. The van der Waals surface area contributed by atoms with Crippen molar-refractivity contribution in [1.82, 2.24) is 0 Å². The smallest absolute Gasteiger partial charge is 0.163 e. The van der Waals surface area contributed by atoms with Gasteiger partial charge < -0.3 is 0 Å². The minimum absolute atomic E-state index is 0.286. The molecule has 4 rings (SSSR count). The van der Waals surface area contributed by atoms with Crippen molar-refractivity contribution >= 4 is 5.78 Å². The van der Waals surface area contributed by atoms with Crippen LogP contribution in [0.3, 0.4) is 0 Å². The number of carbonyl (C=O) groups excluding carboxylic acids is 1. The Bertz CT molecular complexity index is 569. The van der Waals surface area contributed by atoms with E-state index in [0.717, 1.165) is 24.3 Å². The predicted octanol–water partition coefficient (Wildman–Crippen LogP) is 3.81. The third-order valence-electron chi connectivity index (χ3n) is 5.39. The molecule has 2 bridgehead atoms. The number of aryl methyl sites for hydroxylation is 1. The van der Waals surface area contributed by atoms with Gasteiger partial charge in [0.15, 0.2) is 5.78 Å². The van der Waals surface area contributed by atoms with Crippen molar-refractivity contribution in [2.24, 2.45) is 11.8 Å². The van der Waals surface area contributed by atoms with Gasteiger partial charge in [-0.3, -0.25) is 4.79 Å². The van der Waals surface area contributed by atoms with Crippen molar-refractivity contribution in [2.75, 3.05) is 0 Å². The molecule has 1 nitrogen and oxygen atoms in total. The first kappa shape index (κ1) is 10.5. The van der Waals surface area contributed by atoms with E-state index in [0.29, 0.717) is 11.7 Å². The second-order valence-electron chi connectivity index (χ2n) is 6.27. The molecule has 92 valence electrons. The fourth-order valence-corrected chi connectivity index (χ4v) is 4.60. The maximum Gasteiger partial charge on any atom is 0.163 e. The summed E-state index contributed by atoms with van der Waals surface area (Å²) in [4.78, 5) is 12.2. The first-order valence-electron chi connectivity index (χ1n) is 7.02. The van der Waals surface area contributed by atoms with Crippen molar-refractivity contribution in [3.8, 4) is 0 Å². The van der Waals surface area contributed by atoms with E-state index in [9.17, 15) is 4.79 Å². The van der Waals surface area contributed by atoms with Crippen LogP contribution in [-0.2, 0) is 5.41 Å². The van der Waals surface area contributed by atoms with Gasteiger partial charge in [0.05, 0.1) is 0 Å². The molecule has 0 aromatic heterocycles. The molecule has 0 heterocycles. The molecule has 1 aromatic rings. The second kappa shape index (κ2) is 3.34. The van der Waals surface area contributed by atoms with E-state index >= 15 is 0 Å². The van der Waals surface area contributed by atoms with Crippen LogP contribution in [0.1, 0.15) is 47.2 Å². The Balaban J connectivity index is 1.95. The summed E-state index contributed by atoms with van der Waals surface area (Å²) in [5, 5.41) is 0. The fourth-order valence-electron chi connectivity index (χ4n) is 4.60. The molecule has 1 heteroatoms. The summed E-state index contributed by atoms with van der Waals surface area (Å²) in [6, 6.07) is 6.43. The Morgan fingerprint density at radius 2 is 2.17 bits per heavy atom. The summed E-state index contributed by atoms with van der Waals surface area (Å²) in [5.74, 6) is 1.80. The van der Waals surface area contributed by atoms with E-state index in [-0.39, 0.29) is 5.41 Å². The monoisotopic (exact) mass is 238 g/mol. The molecule has 0 saturated heterocycles. The number of carbonyl (C=O) groups is 1. The second-order valence-corrected chi connectivity index (χ2v) is 6.27. The van der Waals surface area contributed by atoms with Crippen LogP contribution in [0.15, 0.2) is 30.4 Å². The maximum atomic E-state index is 12.2. The quantitative estimate of drug-likeness (QED) is 0.628. The lowest BCUT2D eigenvalue weighted by Gasteiger charge is -2.41. The number of ketones is 1. The minimum atomic E-state index is 0.286. The van der Waals surface area contributed by atoms with Crippen molar-refractivity contribution in [2.45, 2.75) is 38.0 Å². The number of benzene rings is 1.